The van der Waals surface area contributed by atoms with Gasteiger partial charge >= 0.3 is 5.97 Å². The normalized spacial score (nSPS) is 14.6. The van der Waals surface area contributed by atoms with Crippen LogP contribution in [0.2, 0.25) is 0 Å². The maximum absolute atomic E-state index is 12.3. The van der Waals surface area contributed by atoms with E-state index in [4.69, 9.17) is 19.9 Å². The first-order valence-electron chi connectivity index (χ1n) is 10.3. The highest BCUT2D eigenvalue weighted by atomic mass is 16.5. The molecule has 0 unspecified atom stereocenters. The molecule has 0 saturated heterocycles. The second-order valence-electron chi connectivity index (χ2n) is 8.54. The van der Waals surface area contributed by atoms with E-state index < -0.39 is 0 Å². The Morgan fingerprint density at radius 1 is 1.00 bits per heavy atom. The van der Waals surface area contributed by atoms with Crippen LogP contribution in [0.5, 0.6) is 11.5 Å². The molecule has 2 aromatic carbocycles. The van der Waals surface area contributed by atoms with Gasteiger partial charge in [0, 0.05) is 0 Å². The average Bonchev–Trinajstić information content (AvgIpc) is 3.19. The van der Waals surface area contributed by atoms with Crippen LogP contribution in [-0.4, -0.2) is 25.3 Å². The fraction of sp³-hybridized carbons (Fsp3) is 0.458. The maximum atomic E-state index is 12.3. The van der Waals surface area contributed by atoms with Crippen molar-refractivity contribution < 1.29 is 19.0 Å². The Kier molecular flexibility index (Phi) is 6.68. The average molecular weight is 398 g/mol. The second-order valence-corrected chi connectivity index (χ2v) is 8.54. The second kappa shape index (κ2) is 9.21. The van der Waals surface area contributed by atoms with E-state index >= 15 is 0 Å². The van der Waals surface area contributed by atoms with Gasteiger partial charge in [0.25, 0.3) is 0 Å². The zero-order valence-electron chi connectivity index (χ0n) is 17.6. The lowest BCUT2D eigenvalue weighted by molar-refractivity contribution is 0.0317. The predicted octanol–water partition coefficient (Wildman–Crippen LogP) is 5.12. The first-order valence-corrected chi connectivity index (χ1v) is 10.3. The highest BCUT2D eigenvalue weighted by Crippen LogP contribution is 2.27. The van der Waals surface area contributed by atoms with E-state index in [1.165, 1.54) is 5.56 Å². The van der Waals surface area contributed by atoms with Crippen LogP contribution in [0.25, 0.3) is 0 Å². The molecule has 0 bridgehead atoms. The van der Waals surface area contributed by atoms with E-state index in [1.54, 1.807) is 18.2 Å². The molecule has 2 aromatic rings. The minimum Gasteiger partial charge on any atom is -0.490 e. The third-order valence-corrected chi connectivity index (χ3v) is 5.16. The van der Waals surface area contributed by atoms with Crippen molar-refractivity contribution in [3.8, 4) is 11.5 Å². The van der Waals surface area contributed by atoms with Crippen LogP contribution in [-0.2, 0) is 10.2 Å². The van der Waals surface area contributed by atoms with E-state index in [2.05, 4.69) is 32.9 Å². The molecule has 5 nitrogen and oxygen atoms in total. The summed E-state index contributed by atoms with van der Waals surface area (Å²) in [5, 5.41) is 0. The van der Waals surface area contributed by atoms with E-state index in [0.717, 1.165) is 31.4 Å². The molecule has 2 N–H and O–H groups in total. The number of nitrogens with two attached hydrogens (primary N) is 1. The molecule has 0 aliphatic heterocycles. The number of anilines is 1. The van der Waals surface area contributed by atoms with Crippen molar-refractivity contribution in [2.24, 2.45) is 0 Å². The topological polar surface area (TPSA) is 70.8 Å². The van der Waals surface area contributed by atoms with E-state index in [1.807, 2.05) is 12.1 Å². The van der Waals surface area contributed by atoms with Crippen LogP contribution in [0, 0.1) is 0 Å². The van der Waals surface area contributed by atoms with Gasteiger partial charge < -0.3 is 19.9 Å². The van der Waals surface area contributed by atoms with Crippen molar-refractivity contribution in [1.82, 2.24) is 0 Å². The molecular formula is C24H31NO4. The number of rotatable bonds is 7. The monoisotopic (exact) mass is 397 g/mol. The Morgan fingerprint density at radius 3 is 2.31 bits per heavy atom. The van der Waals surface area contributed by atoms with Crippen LogP contribution in [0.4, 0.5) is 5.69 Å². The molecule has 0 radical (unpaired) electrons. The Labute approximate surface area is 173 Å². The Hall–Kier alpha value is -2.69. The number of nitrogen functional groups attached to an aromatic ring is 1. The summed E-state index contributed by atoms with van der Waals surface area (Å²) in [6.07, 6.45) is 4.15. The summed E-state index contributed by atoms with van der Waals surface area (Å²) in [5.74, 6) is 0.943. The van der Waals surface area contributed by atoms with Gasteiger partial charge in [-0.05, 0) is 67.0 Å². The number of benzene rings is 2. The lowest BCUT2D eigenvalue weighted by Gasteiger charge is -2.19. The molecule has 29 heavy (non-hydrogen) atoms. The maximum Gasteiger partial charge on any atom is 0.338 e. The lowest BCUT2D eigenvalue weighted by Crippen LogP contribution is -2.15. The lowest BCUT2D eigenvalue weighted by atomic mass is 9.87. The zero-order valence-corrected chi connectivity index (χ0v) is 17.6. The van der Waals surface area contributed by atoms with Crippen molar-refractivity contribution in [2.75, 3.05) is 18.9 Å². The van der Waals surface area contributed by atoms with Gasteiger partial charge in [0.05, 0.1) is 11.3 Å². The molecule has 1 fully saturated rings. The van der Waals surface area contributed by atoms with Crippen LogP contribution < -0.4 is 15.2 Å². The summed E-state index contributed by atoms with van der Waals surface area (Å²) in [7, 11) is 0. The summed E-state index contributed by atoms with van der Waals surface area (Å²) in [6.45, 7) is 7.24. The molecule has 0 atom stereocenters. The largest absolute Gasteiger partial charge is 0.490 e. The van der Waals surface area contributed by atoms with Gasteiger partial charge in [-0.25, -0.2) is 4.79 Å². The van der Waals surface area contributed by atoms with Crippen molar-refractivity contribution in [1.29, 1.82) is 0 Å². The van der Waals surface area contributed by atoms with E-state index in [9.17, 15) is 4.79 Å². The summed E-state index contributed by atoms with van der Waals surface area (Å²) >= 11 is 0. The molecule has 0 heterocycles. The van der Waals surface area contributed by atoms with Gasteiger partial charge in [0.1, 0.15) is 30.8 Å². The van der Waals surface area contributed by atoms with Crippen LogP contribution in [0.1, 0.15) is 62.4 Å². The highest BCUT2D eigenvalue weighted by Gasteiger charge is 2.20. The van der Waals surface area contributed by atoms with Gasteiger partial charge in [-0.15, -0.1) is 0 Å². The molecule has 1 saturated carbocycles. The minimum absolute atomic E-state index is 0.0301. The Balaban J connectivity index is 1.50. The molecule has 0 amide bonds. The van der Waals surface area contributed by atoms with Crippen LogP contribution in [0.3, 0.4) is 0 Å². The Morgan fingerprint density at radius 2 is 1.66 bits per heavy atom. The van der Waals surface area contributed by atoms with Crippen molar-refractivity contribution >= 4 is 11.7 Å². The third kappa shape index (κ3) is 5.89. The van der Waals surface area contributed by atoms with Gasteiger partial charge in [0.15, 0.2) is 0 Å². The molecule has 1 aliphatic carbocycles. The standard InChI is InChI=1S/C24H31NO4/c1-24(2,3)18-9-11-19(12-10-18)27-14-15-28-22-16-17(8-13-21(22)25)23(26)29-20-6-4-5-7-20/h8-13,16,20H,4-7,14-15,25H2,1-3H3. The number of carbonyl (C=O) groups is 1. The molecule has 3 rings (SSSR count). The predicted molar refractivity (Wildman–Crippen MR) is 115 cm³/mol. The number of esters is 1. The van der Waals surface area contributed by atoms with Gasteiger partial charge in [0.2, 0.25) is 0 Å². The number of carbonyl (C=O) groups excluding carboxylic acids is 1. The number of hydrogen-bond acceptors (Lipinski definition) is 5. The van der Waals surface area contributed by atoms with Gasteiger partial charge in [-0.3, -0.25) is 0 Å². The zero-order chi connectivity index (χ0) is 20.9. The third-order valence-electron chi connectivity index (χ3n) is 5.16. The summed E-state index contributed by atoms with van der Waals surface area (Å²) in [6, 6.07) is 13.1. The molecule has 5 heteroatoms. The van der Waals surface area contributed by atoms with Crippen LogP contribution >= 0.6 is 0 Å². The van der Waals surface area contributed by atoms with E-state index in [-0.39, 0.29) is 17.5 Å². The molecule has 0 aromatic heterocycles. The van der Waals surface area contributed by atoms with Crippen molar-refractivity contribution in [2.45, 2.75) is 58.0 Å². The van der Waals surface area contributed by atoms with Gasteiger partial charge in [-0.1, -0.05) is 32.9 Å². The number of hydrogen-bond donors (Lipinski definition) is 1. The number of ether oxygens (including phenoxy) is 3. The molecular weight excluding hydrogens is 366 g/mol. The molecule has 1 aliphatic rings. The summed E-state index contributed by atoms with van der Waals surface area (Å²) < 4.78 is 17.0. The summed E-state index contributed by atoms with van der Waals surface area (Å²) in [4.78, 5) is 12.3. The Bertz CT molecular complexity index is 818. The fourth-order valence-electron chi connectivity index (χ4n) is 3.37. The van der Waals surface area contributed by atoms with Crippen molar-refractivity contribution in [3.05, 3.63) is 53.6 Å². The van der Waals surface area contributed by atoms with Gasteiger partial charge in [-0.2, -0.15) is 0 Å². The first kappa shape index (κ1) is 21.0. The molecule has 156 valence electrons. The molecule has 0 spiro atoms. The summed E-state index contributed by atoms with van der Waals surface area (Å²) in [5.41, 5.74) is 8.30. The quantitative estimate of drug-likeness (QED) is 0.399. The smallest absolute Gasteiger partial charge is 0.338 e. The SMILES string of the molecule is CC(C)(C)c1ccc(OCCOc2cc(C(=O)OC3CCCC3)ccc2N)cc1. The van der Waals surface area contributed by atoms with E-state index in [0.29, 0.717) is 30.2 Å². The first-order chi connectivity index (χ1) is 13.8. The highest BCUT2D eigenvalue weighted by molar-refractivity contribution is 5.90. The van der Waals surface area contributed by atoms with Crippen molar-refractivity contribution in [3.63, 3.8) is 0 Å². The van der Waals surface area contributed by atoms with Crippen LogP contribution in [0.15, 0.2) is 42.5 Å². The fourth-order valence-corrected chi connectivity index (χ4v) is 3.37. The minimum atomic E-state index is -0.322.